The van der Waals surface area contributed by atoms with Crippen LogP contribution in [0.1, 0.15) is 63.3 Å². The van der Waals surface area contributed by atoms with Crippen molar-refractivity contribution in [2.75, 3.05) is 7.11 Å². The van der Waals surface area contributed by atoms with E-state index in [9.17, 15) is 25.3 Å². The van der Waals surface area contributed by atoms with E-state index in [1.54, 1.807) is 6.92 Å². The average Bonchev–Trinajstić information content (AvgIpc) is 2.75. The second-order valence-corrected chi connectivity index (χ2v) is 7.17. The van der Waals surface area contributed by atoms with Crippen molar-refractivity contribution in [3.8, 4) is 11.5 Å². The quantitative estimate of drug-likeness (QED) is 0.384. The molecule has 0 fully saturated rings. The zero-order valence-corrected chi connectivity index (χ0v) is 19.1. The monoisotopic (exact) mass is 432 g/mol. The van der Waals surface area contributed by atoms with Crippen LogP contribution >= 0.6 is 0 Å². The van der Waals surface area contributed by atoms with Gasteiger partial charge in [0.1, 0.15) is 11.5 Å². The first kappa shape index (κ1) is 25.9. The van der Waals surface area contributed by atoms with Gasteiger partial charge in [0.25, 0.3) is 11.4 Å². The molecule has 2 aromatic rings. The number of phenols is 1. The molecule has 1 N–H and O–H groups in total. The van der Waals surface area contributed by atoms with Gasteiger partial charge in [0.15, 0.2) is 0 Å². The summed E-state index contributed by atoms with van der Waals surface area (Å²) in [6, 6.07) is 5.57. The van der Waals surface area contributed by atoms with Crippen molar-refractivity contribution in [2.24, 2.45) is 5.92 Å². The Hall–Kier alpha value is -3.16. The van der Waals surface area contributed by atoms with E-state index in [0.29, 0.717) is 46.8 Å². The van der Waals surface area contributed by atoms with Crippen LogP contribution in [0.4, 0.5) is 11.4 Å². The summed E-state index contributed by atoms with van der Waals surface area (Å²) in [5.74, 6) is 0.784. The molecular weight excluding hydrogens is 400 g/mol. The Morgan fingerprint density at radius 2 is 1.42 bits per heavy atom. The van der Waals surface area contributed by atoms with Crippen LogP contribution in [0.3, 0.4) is 0 Å². The normalized spacial score (nSPS) is 11.3. The Kier molecular flexibility index (Phi) is 9.92. The van der Waals surface area contributed by atoms with Gasteiger partial charge in [-0.2, -0.15) is 0 Å². The van der Waals surface area contributed by atoms with E-state index < -0.39 is 9.85 Å². The van der Waals surface area contributed by atoms with Crippen LogP contribution in [0.5, 0.6) is 11.5 Å². The van der Waals surface area contributed by atoms with Crippen LogP contribution in [-0.2, 0) is 19.3 Å². The Balaban J connectivity index is 0.00000233. The van der Waals surface area contributed by atoms with Crippen molar-refractivity contribution < 1.29 is 19.7 Å². The molecule has 0 saturated heterocycles. The molecule has 2 rings (SSSR count). The largest absolute Gasteiger partial charge is 0.507 e. The summed E-state index contributed by atoms with van der Waals surface area (Å²) in [4.78, 5) is 21.7. The number of phenolic OH excluding ortho intramolecular Hbond substituents is 1. The zero-order chi connectivity index (χ0) is 23.7. The maximum absolute atomic E-state index is 11.4. The highest BCUT2D eigenvalue weighted by Crippen LogP contribution is 2.36. The van der Waals surface area contributed by atoms with E-state index >= 15 is 0 Å². The Bertz CT molecular complexity index is 927. The SMILES string of the molecule is CC.CCc1cc([N+](=O)[O-])cc(Cc2cc([N+](=O)[O-])cc(CC(C)CC)c2OC)c1O. The number of benzene rings is 2. The van der Waals surface area contributed by atoms with E-state index in [1.807, 2.05) is 20.8 Å². The number of nitrogens with zero attached hydrogens (tertiary/aromatic N) is 2. The molecular formula is C23H32N2O6. The van der Waals surface area contributed by atoms with E-state index in [4.69, 9.17) is 4.74 Å². The minimum absolute atomic E-state index is 0.0323. The second kappa shape index (κ2) is 11.9. The number of ether oxygens (including phenoxy) is 1. The molecule has 0 heterocycles. The molecule has 8 heteroatoms. The minimum atomic E-state index is -0.513. The lowest BCUT2D eigenvalue weighted by Gasteiger charge is -2.17. The van der Waals surface area contributed by atoms with Crippen LogP contribution in [0.15, 0.2) is 24.3 Å². The molecule has 0 amide bonds. The van der Waals surface area contributed by atoms with Crippen molar-refractivity contribution >= 4 is 11.4 Å². The molecule has 0 saturated carbocycles. The van der Waals surface area contributed by atoms with Gasteiger partial charge in [-0.25, -0.2) is 0 Å². The first-order valence-corrected chi connectivity index (χ1v) is 10.5. The van der Waals surface area contributed by atoms with Crippen molar-refractivity contribution in [3.05, 3.63) is 66.7 Å². The highest BCUT2D eigenvalue weighted by Gasteiger charge is 2.22. The van der Waals surface area contributed by atoms with E-state index in [1.165, 1.54) is 31.4 Å². The Morgan fingerprint density at radius 1 is 0.935 bits per heavy atom. The third-order valence-corrected chi connectivity index (χ3v) is 5.13. The number of non-ortho nitro benzene ring substituents is 2. The first-order chi connectivity index (χ1) is 14.7. The van der Waals surface area contributed by atoms with E-state index in [0.717, 1.165) is 6.42 Å². The lowest BCUT2D eigenvalue weighted by molar-refractivity contribution is -0.385. The van der Waals surface area contributed by atoms with Gasteiger partial charge in [-0.1, -0.05) is 41.0 Å². The maximum Gasteiger partial charge on any atom is 0.270 e. The molecule has 2 aromatic carbocycles. The van der Waals surface area contributed by atoms with Crippen LogP contribution in [-0.4, -0.2) is 22.1 Å². The van der Waals surface area contributed by atoms with Gasteiger partial charge >= 0.3 is 0 Å². The van der Waals surface area contributed by atoms with Gasteiger partial charge in [-0.3, -0.25) is 20.2 Å². The van der Waals surface area contributed by atoms with Gasteiger partial charge < -0.3 is 9.84 Å². The average molecular weight is 433 g/mol. The fourth-order valence-corrected chi connectivity index (χ4v) is 3.36. The summed E-state index contributed by atoms with van der Waals surface area (Å²) >= 11 is 0. The molecule has 170 valence electrons. The summed E-state index contributed by atoms with van der Waals surface area (Å²) in [7, 11) is 1.50. The Morgan fingerprint density at radius 3 is 1.87 bits per heavy atom. The molecule has 8 nitrogen and oxygen atoms in total. The fraction of sp³-hybridized carbons (Fsp3) is 0.478. The van der Waals surface area contributed by atoms with Crippen molar-refractivity contribution in [2.45, 2.75) is 60.3 Å². The molecule has 0 spiro atoms. The number of hydrogen-bond acceptors (Lipinski definition) is 6. The highest BCUT2D eigenvalue weighted by atomic mass is 16.6. The van der Waals surface area contributed by atoms with Gasteiger partial charge in [-0.05, 0) is 18.8 Å². The smallest absolute Gasteiger partial charge is 0.270 e. The minimum Gasteiger partial charge on any atom is -0.507 e. The number of aromatic hydroxyl groups is 1. The molecule has 31 heavy (non-hydrogen) atoms. The Labute approximate surface area is 183 Å². The van der Waals surface area contributed by atoms with Crippen LogP contribution in [0, 0.1) is 26.1 Å². The summed E-state index contributed by atoms with van der Waals surface area (Å²) in [6.45, 7) is 9.89. The summed E-state index contributed by atoms with van der Waals surface area (Å²) in [5, 5.41) is 33.3. The first-order valence-electron chi connectivity index (χ1n) is 10.5. The standard InChI is InChI=1S/C21H26N2O6.C2H6/c1-5-13(3)7-16-11-19(23(27)28)12-17(21(16)29-4)8-15-10-18(22(25)26)9-14(6-2)20(15)24;1-2/h9-13,24H,5-8H2,1-4H3;1-2H3. The zero-order valence-electron chi connectivity index (χ0n) is 19.1. The molecule has 0 aliphatic heterocycles. The van der Waals surface area contributed by atoms with Gasteiger partial charge in [0.2, 0.25) is 0 Å². The second-order valence-electron chi connectivity index (χ2n) is 7.17. The highest BCUT2D eigenvalue weighted by molar-refractivity contribution is 5.56. The molecule has 1 unspecified atom stereocenters. The third-order valence-electron chi connectivity index (χ3n) is 5.13. The fourth-order valence-electron chi connectivity index (χ4n) is 3.36. The summed E-state index contributed by atoms with van der Waals surface area (Å²) in [6.07, 6.45) is 2.02. The van der Waals surface area contributed by atoms with Crippen LogP contribution < -0.4 is 4.74 Å². The van der Waals surface area contributed by atoms with Crippen molar-refractivity contribution in [1.29, 1.82) is 0 Å². The number of nitro benzene ring substituents is 2. The topological polar surface area (TPSA) is 116 Å². The molecule has 0 aliphatic carbocycles. The summed E-state index contributed by atoms with van der Waals surface area (Å²) < 4.78 is 5.56. The summed E-state index contributed by atoms with van der Waals surface area (Å²) in [5.41, 5.74) is 1.82. The maximum atomic E-state index is 11.4. The lowest BCUT2D eigenvalue weighted by atomic mass is 9.92. The lowest BCUT2D eigenvalue weighted by Crippen LogP contribution is -2.06. The number of aryl methyl sites for hydroxylation is 1. The van der Waals surface area contributed by atoms with Crippen LogP contribution in [0.25, 0.3) is 0 Å². The molecule has 0 aliphatic rings. The molecule has 0 radical (unpaired) electrons. The molecule has 1 atom stereocenters. The van der Waals surface area contributed by atoms with Crippen molar-refractivity contribution in [3.63, 3.8) is 0 Å². The van der Waals surface area contributed by atoms with E-state index in [-0.39, 0.29) is 23.5 Å². The van der Waals surface area contributed by atoms with Crippen molar-refractivity contribution in [1.82, 2.24) is 0 Å². The van der Waals surface area contributed by atoms with Gasteiger partial charge in [-0.15, -0.1) is 0 Å². The van der Waals surface area contributed by atoms with Gasteiger partial charge in [0, 0.05) is 52.9 Å². The predicted octanol–water partition coefficient (Wildman–Crippen LogP) is 5.99. The van der Waals surface area contributed by atoms with E-state index in [2.05, 4.69) is 6.92 Å². The molecule has 0 bridgehead atoms. The number of methoxy groups -OCH3 is 1. The molecule has 0 aromatic heterocycles. The number of nitro groups is 2. The number of hydrogen-bond donors (Lipinski definition) is 1. The number of rotatable bonds is 9. The van der Waals surface area contributed by atoms with Crippen LogP contribution in [0.2, 0.25) is 0 Å². The predicted molar refractivity (Wildman–Crippen MR) is 121 cm³/mol. The van der Waals surface area contributed by atoms with Gasteiger partial charge in [0.05, 0.1) is 17.0 Å². The third kappa shape index (κ3) is 6.41.